The second-order valence-corrected chi connectivity index (χ2v) is 5.52. The Labute approximate surface area is 119 Å². The number of aryl methyl sites for hydroxylation is 1. The molecule has 0 aliphatic heterocycles. The Morgan fingerprint density at radius 1 is 1.06 bits per heavy atom. The summed E-state index contributed by atoms with van der Waals surface area (Å²) in [7, 11) is 0. The number of Topliss-reactive ketones (excluding diaryl/α,β-unsaturated/α-hetero) is 1. The predicted octanol–water partition coefficient (Wildman–Crippen LogP) is 5.17. The minimum atomic E-state index is 0.265. The maximum absolute atomic E-state index is 11.7. The summed E-state index contributed by atoms with van der Waals surface area (Å²) in [4.78, 5) is 11.7. The summed E-state index contributed by atoms with van der Waals surface area (Å²) < 4.78 is 0. The summed E-state index contributed by atoms with van der Waals surface area (Å²) in [5, 5.41) is 1.11. The van der Waals surface area contributed by atoms with Gasteiger partial charge < -0.3 is 0 Å². The van der Waals surface area contributed by atoms with E-state index in [1.54, 1.807) is 0 Å². The fourth-order valence-corrected chi connectivity index (χ4v) is 2.40. The lowest BCUT2D eigenvalue weighted by molar-refractivity contribution is 0.0982. The van der Waals surface area contributed by atoms with Crippen molar-refractivity contribution in [2.75, 3.05) is 5.33 Å². The highest BCUT2D eigenvalue weighted by atomic mass is 79.9. The van der Waals surface area contributed by atoms with Gasteiger partial charge in [-0.25, -0.2) is 0 Å². The molecule has 0 fully saturated rings. The molecular formula is C16H23BrO. The lowest BCUT2D eigenvalue weighted by atomic mass is 10.0. The van der Waals surface area contributed by atoms with Gasteiger partial charge in [0.05, 0.1) is 0 Å². The van der Waals surface area contributed by atoms with Crippen LogP contribution in [0.3, 0.4) is 0 Å². The fourth-order valence-electron chi connectivity index (χ4n) is 2.01. The Bertz CT molecular complexity index is 343. The molecule has 0 bridgehead atoms. The van der Waals surface area contributed by atoms with Gasteiger partial charge in [0.15, 0.2) is 5.78 Å². The van der Waals surface area contributed by atoms with Crippen molar-refractivity contribution in [2.24, 2.45) is 0 Å². The smallest absolute Gasteiger partial charge is 0.162 e. The van der Waals surface area contributed by atoms with E-state index in [0.717, 1.165) is 23.7 Å². The maximum atomic E-state index is 11.7. The fraction of sp³-hybridized carbons (Fsp3) is 0.562. The van der Waals surface area contributed by atoms with Crippen molar-refractivity contribution in [1.82, 2.24) is 0 Å². The van der Waals surface area contributed by atoms with Crippen molar-refractivity contribution >= 4 is 21.7 Å². The highest BCUT2D eigenvalue weighted by molar-refractivity contribution is 9.09. The molecule has 1 nitrogen and oxygen atoms in total. The van der Waals surface area contributed by atoms with Gasteiger partial charge in [-0.3, -0.25) is 4.79 Å². The van der Waals surface area contributed by atoms with E-state index in [9.17, 15) is 4.79 Å². The molecule has 100 valence electrons. The van der Waals surface area contributed by atoms with E-state index in [-0.39, 0.29) is 5.78 Å². The summed E-state index contributed by atoms with van der Waals surface area (Å²) >= 11 is 3.45. The number of hydrogen-bond acceptors (Lipinski definition) is 1. The first kappa shape index (κ1) is 15.4. The third-order valence-electron chi connectivity index (χ3n) is 3.10. The number of alkyl halides is 1. The van der Waals surface area contributed by atoms with Crippen LogP contribution in [-0.4, -0.2) is 11.1 Å². The van der Waals surface area contributed by atoms with Crippen LogP contribution in [0, 0.1) is 0 Å². The molecule has 0 spiro atoms. The molecule has 0 aliphatic carbocycles. The Kier molecular flexibility index (Phi) is 7.99. The number of halogens is 1. The summed E-state index contributed by atoms with van der Waals surface area (Å²) in [6.07, 6.45) is 7.82. The average Bonchev–Trinajstić information content (AvgIpc) is 2.39. The molecule has 2 heteroatoms. The molecular weight excluding hydrogens is 288 g/mol. The Hall–Kier alpha value is -0.630. The number of hydrogen-bond donors (Lipinski definition) is 0. The normalized spacial score (nSPS) is 10.6. The minimum absolute atomic E-state index is 0.265. The van der Waals surface area contributed by atoms with Crippen molar-refractivity contribution in [3.63, 3.8) is 0 Å². The zero-order chi connectivity index (χ0) is 13.2. The molecule has 0 atom stereocenters. The zero-order valence-corrected chi connectivity index (χ0v) is 12.8. The van der Waals surface area contributed by atoms with E-state index in [1.165, 1.54) is 31.2 Å². The summed E-state index contributed by atoms with van der Waals surface area (Å²) in [6, 6.07) is 8.17. The van der Waals surface area contributed by atoms with Gasteiger partial charge in [0.2, 0.25) is 0 Å². The SMILES string of the molecule is CCCC(=O)c1ccc(CCCCCCBr)cc1. The predicted molar refractivity (Wildman–Crippen MR) is 81.6 cm³/mol. The first-order chi connectivity index (χ1) is 8.77. The van der Waals surface area contributed by atoms with Crippen LogP contribution >= 0.6 is 15.9 Å². The summed E-state index contributed by atoms with van der Waals surface area (Å²) in [5.41, 5.74) is 2.21. The monoisotopic (exact) mass is 310 g/mol. The Morgan fingerprint density at radius 2 is 1.72 bits per heavy atom. The van der Waals surface area contributed by atoms with Gasteiger partial charge >= 0.3 is 0 Å². The van der Waals surface area contributed by atoms with Gasteiger partial charge in [-0.2, -0.15) is 0 Å². The van der Waals surface area contributed by atoms with E-state index >= 15 is 0 Å². The number of carbonyl (C=O) groups is 1. The number of benzene rings is 1. The number of rotatable bonds is 9. The largest absolute Gasteiger partial charge is 0.294 e. The van der Waals surface area contributed by atoms with E-state index in [0.29, 0.717) is 6.42 Å². The highest BCUT2D eigenvalue weighted by Crippen LogP contribution is 2.12. The molecule has 0 unspecified atom stereocenters. The van der Waals surface area contributed by atoms with Crippen LogP contribution in [0.2, 0.25) is 0 Å². The molecule has 0 saturated carbocycles. The summed E-state index contributed by atoms with van der Waals surface area (Å²) in [6.45, 7) is 2.04. The van der Waals surface area contributed by atoms with Crippen molar-refractivity contribution in [1.29, 1.82) is 0 Å². The molecule has 0 amide bonds. The number of carbonyl (C=O) groups excluding carboxylic acids is 1. The van der Waals surface area contributed by atoms with Crippen molar-refractivity contribution in [3.8, 4) is 0 Å². The number of ketones is 1. The molecule has 1 rings (SSSR count). The standard InChI is InChI=1S/C16H23BrO/c1-2-7-16(18)15-11-9-14(10-12-15)8-5-3-4-6-13-17/h9-12H,2-8,13H2,1H3. The molecule has 0 radical (unpaired) electrons. The van der Waals surface area contributed by atoms with Gasteiger partial charge in [0.1, 0.15) is 0 Å². The van der Waals surface area contributed by atoms with Gasteiger partial charge in [0.25, 0.3) is 0 Å². The highest BCUT2D eigenvalue weighted by Gasteiger charge is 2.03. The van der Waals surface area contributed by atoms with Gasteiger partial charge in [0, 0.05) is 17.3 Å². The van der Waals surface area contributed by atoms with Crippen LogP contribution in [-0.2, 0) is 6.42 Å². The zero-order valence-electron chi connectivity index (χ0n) is 11.3. The second kappa shape index (κ2) is 9.32. The lowest BCUT2D eigenvalue weighted by Gasteiger charge is -2.03. The molecule has 0 aliphatic rings. The van der Waals surface area contributed by atoms with Crippen molar-refractivity contribution < 1.29 is 4.79 Å². The molecule has 1 aromatic carbocycles. The van der Waals surface area contributed by atoms with Crippen LogP contribution in [0.4, 0.5) is 0 Å². The quantitative estimate of drug-likeness (QED) is 0.349. The van der Waals surface area contributed by atoms with Crippen molar-refractivity contribution in [3.05, 3.63) is 35.4 Å². The topological polar surface area (TPSA) is 17.1 Å². The maximum Gasteiger partial charge on any atom is 0.162 e. The first-order valence-electron chi connectivity index (χ1n) is 6.96. The second-order valence-electron chi connectivity index (χ2n) is 4.72. The minimum Gasteiger partial charge on any atom is -0.294 e. The van der Waals surface area contributed by atoms with Crippen LogP contribution in [0.25, 0.3) is 0 Å². The average molecular weight is 311 g/mol. The van der Waals surface area contributed by atoms with Gasteiger partial charge in [-0.15, -0.1) is 0 Å². The van der Waals surface area contributed by atoms with E-state index in [2.05, 4.69) is 28.1 Å². The van der Waals surface area contributed by atoms with E-state index in [1.807, 2.05) is 19.1 Å². The third kappa shape index (κ3) is 5.81. The van der Waals surface area contributed by atoms with E-state index in [4.69, 9.17) is 0 Å². The molecule has 1 aromatic rings. The molecule has 0 N–H and O–H groups in total. The van der Waals surface area contributed by atoms with Crippen LogP contribution < -0.4 is 0 Å². The summed E-state index contributed by atoms with van der Waals surface area (Å²) in [5.74, 6) is 0.265. The van der Waals surface area contributed by atoms with Gasteiger partial charge in [-0.05, 0) is 31.2 Å². The Morgan fingerprint density at radius 3 is 2.33 bits per heavy atom. The van der Waals surface area contributed by atoms with Crippen molar-refractivity contribution in [2.45, 2.75) is 51.9 Å². The molecule has 18 heavy (non-hydrogen) atoms. The third-order valence-corrected chi connectivity index (χ3v) is 3.66. The van der Waals surface area contributed by atoms with Crippen LogP contribution in [0.1, 0.15) is 61.4 Å². The van der Waals surface area contributed by atoms with Crippen LogP contribution in [0.15, 0.2) is 24.3 Å². The molecule has 0 aromatic heterocycles. The molecule has 0 saturated heterocycles. The Balaban J connectivity index is 2.33. The molecule has 0 heterocycles. The lowest BCUT2D eigenvalue weighted by Crippen LogP contribution is -1.98. The van der Waals surface area contributed by atoms with Crippen LogP contribution in [0.5, 0.6) is 0 Å². The van der Waals surface area contributed by atoms with Gasteiger partial charge in [-0.1, -0.05) is 60.0 Å². The van der Waals surface area contributed by atoms with E-state index < -0.39 is 0 Å². The first-order valence-corrected chi connectivity index (χ1v) is 8.08. The number of unbranched alkanes of at least 4 members (excludes halogenated alkanes) is 3.